The number of amides is 1. The molecule has 1 N–H and O–H groups in total. The summed E-state index contributed by atoms with van der Waals surface area (Å²) in [6.45, 7) is 2.55. The number of hydrogen-bond donors (Lipinski definition) is 1. The molecule has 0 fully saturated rings. The molecule has 1 aliphatic rings. The lowest BCUT2D eigenvalue weighted by Gasteiger charge is -2.28. The second-order valence-corrected chi connectivity index (χ2v) is 7.99. The van der Waals surface area contributed by atoms with Crippen LogP contribution in [0, 0.1) is 0 Å². The van der Waals surface area contributed by atoms with E-state index in [4.69, 9.17) is 9.47 Å². The van der Waals surface area contributed by atoms with E-state index in [-0.39, 0.29) is 17.9 Å². The van der Waals surface area contributed by atoms with Crippen LogP contribution in [-0.2, 0) is 4.79 Å². The number of halogens is 1. The fraction of sp³-hybridized carbons (Fsp3) is 0.261. The predicted octanol–water partition coefficient (Wildman–Crippen LogP) is 5.35. The fourth-order valence-electron chi connectivity index (χ4n) is 3.60. The number of rotatable bonds is 4. The van der Waals surface area contributed by atoms with Gasteiger partial charge in [-0.05, 0) is 53.6 Å². The highest BCUT2D eigenvalue weighted by atomic mass is 79.9. The second-order valence-electron chi connectivity index (χ2n) is 7.07. The van der Waals surface area contributed by atoms with Gasteiger partial charge in [-0.2, -0.15) is 0 Å². The highest BCUT2D eigenvalue weighted by Gasteiger charge is 2.25. The summed E-state index contributed by atoms with van der Waals surface area (Å²) >= 11 is 3.51. The van der Waals surface area contributed by atoms with Gasteiger partial charge in [-0.1, -0.05) is 40.2 Å². The van der Waals surface area contributed by atoms with E-state index in [9.17, 15) is 4.79 Å². The Balaban J connectivity index is 1.54. The van der Waals surface area contributed by atoms with E-state index in [2.05, 4.69) is 27.3 Å². The van der Waals surface area contributed by atoms with Crippen molar-refractivity contribution in [1.29, 1.82) is 0 Å². The minimum Gasteiger partial charge on any atom is -0.497 e. The van der Waals surface area contributed by atoms with Crippen LogP contribution in [0.15, 0.2) is 59.1 Å². The molecular formula is C23H22BrNO3. The van der Waals surface area contributed by atoms with Crippen LogP contribution in [0.4, 0.5) is 0 Å². The number of hydrogen-bond acceptors (Lipinski definition) is 3. The Hall–Kier alpha value is -2.53. The quantitative estimate of drug-likeness (QED) is 0.595. The summed E-state index contributed by atoms with van der Waals surface area (Å²) in [7, 11) is 1.66. The third-order valence-electron chi connectivity index (χ3n) is 5.29. The molecule has 0 saturated carbocycles. The molecular weight excluding hydrogens is 418 g/mol. The van der Waals surface area contributed by atoms with Crippen molar-refractivity contribution in [2.75, 3.05) is 13.7 Å². The Morgan fingerprint density at radius 2 is 1.93 bits per heavy atom. The van der Waals surface area contributed by atoms with E-state index < -0.39 is 0 Å². The third-order valence-corrected chi connectivity index (χ3v) is 5.79. The zero-order valence-corrected chi connectivity index (χ0v) is 17.5. The summed E-state index contributed by atoms with van der Waals surface area (Å²) in [6, 6.07) is 18.0. The van der Waals surface area contributed by atoms with Gasteiger partial charge in [0.15, 0.2) is 0 Å². The minimum absolute atomic E-state index is 0.0192. The van der Waals surface area contributed by atoms with E-state index in [0.717, 1.165) is 44.3 Å². The molecule has 3 aromatic rings. The Morgan fingerprint density at radius 1 is 1.14 bits per heavy atom. The van der Waals surface area contributed by atoms with Crippen molar-refractivity contribution in [3.05, 3.63) is 70.2 Å². The maximum Gasteiger partial charge on any atom is 0.227 e. The van der Waals surface area contributed by atoms with E-state index >= 15 is 0 Å². The van der Waals surface area contributed by atoms with Crippen LogP contribution in [0.3, 0.4) is 0 Å². The number of carbonyl (C=O) groups is 1. The Morgan fingerprint density at radius 3 is 2.75 bits per heavy atom. The average Bonchev–Trinajstić information content (AvgIpc) is 2.72. The van der Waals surface area contributed by atoms with Crippen LogP contribution in [0.2, 0.25) is 0 Å². The van der Waals surface area contributed by atoms with E-state index in [0.29, 0.717) is 6.61 Å². The van der Waals surface area contributed by atoms with Gasteiger partial charge in [-0.3, -0.25) is 4.79 Å². The first-order valence-corrected chi connectivity index (χ1v) is 10.1. The maximum atomic E-state index is 13.0. The standard InChI is InChI=1S/C23H22BrNO3/c1-14(15-3-4-17-12-19(27-2)7-5-16(17)11-15)23(26)25-21-9-10-28-22-8-6-18(24)13-20(21)22/h3-8,11-14,21H,9-10H2,1-2H3,(H,25,26)/t14-,21?/m0/s1. The zero-order valence-electron chi connectivity index (χ0n) is 15.9. The number of carbonyl (C=O) groups excluding carboxylic acids is 1. The molecule has 1 amide bonds. The summed E-state index contributed by atoms with van der Waals surface area (Å²) in [4.78, 5) is 13.0. The van der Waals surface area contributed by atoms with Gasteiger partial charge in [0.1, 0.15) is 11.5 Å². The van der Waals surface area contributed by atoms with Crippen LogP contribution in [0.5, 0.6) is 11.5 Å². The lowest BCUT2D eigenvalue weighted by atomic mass is 9.95. The van der Waals surface area contributed by atoms with Crippen LogP contribution in [0.25, 0.3) is 10.8 Å². The van der Waals surface area contributed by atoms with Gasteiger partial charge in [0.05, 0.1) is 25.7 Å². The largest absolute Gasteiger partial charge is 0.497 e. The van der Waals surface area contributed by atoms with Gasteiger partial charge in [0.2, 0.25) is 5.91 Å². The van der Waals surface area contributed by atoms with Crippen LogP contribution in [-0.4, -0.2) is 19.6 Å². The van der Waals surface area contributed by atoms with Gasteiger partial charge >= 0.3 is 0 Å². The molecule has 3 aromatic carbocycles. The monoisotopic (exact) mass is 439 g/mol. The highest BCUT2D eigenvalue weighted by molar-refractivity contribution is 9.10. The molecule has 4 rings (SSSR count). The summed E-state index contributed by atoms with van der Waals surface area (Å²) < 4.78 is 12.0. The van der Waals surface area contributed by atoms with Gasteiger partial charge in [0, 0.05) is 16.5 Å². The van der Waals surface area contributed by atoms with Crippen molar-refractivity contribution in [1.82, 2.24) is 5.32 Å². The van der Waals surface area contributed by atoms with Gasteiger partial charge in [-0.25, -0.2) is 0 Å². The minimum atomic E-state index is -0.245. The van der Waals surface area contributed by atoms with Crippen LogP contribution >= 0.6 is 15.9 Å². The van der Waals surface area contributed by atoms with Crippen molar-refractivity contribution in [2.24, 2.45) is 0 Å². The van der Waals surface area contributed by atoms with E-state index in [1.807, 2.05) is 55.5 Å². The lowest BCUT2D eigenvalue weighted by Crippen LogP contribution is -2.34. The molecule has 144 valence electrons. The number of fused-ring (bicyclic) bond motifs is 2. The van der Waals surface area contributed by atoms with Crippen LogP contribution in [0.1, 0.15) is 36.4 Å². The summed E-state index contributed by atoms with van der Waals surface area (Å²) in [5.41, 5.74) is 2.02. The highest BCUT2D eigenvalue weighted by Crippen LogP contribution is 2.34. The second kappa shape index (κ2) is 7.84. The molecule has 0 radical (unpaired) electrons. The van der Waals surface area contributed by atoms with Gasteiger partial charge in [0.25, 0.3) is 0 Å². The number of ether oxygens (including phenoxy) is 2. The molecule has 1 unspecified atom stereocenters. The Labute approximate surface area is 173 Å². The Bertz CT molecular complexity index is 1030. The van der Waals surface area contributed by atoms with Crippen molar-refractivity contribution in [3.63, 3.8) is 0 Å². The molecule has 0 saturated heterocycles. The topological polar surface area (TPSA) is 47.6 Å². The molecule has 2 atom stereocenters. The van der Waals surface area contributed by atoms with Crippen LogP contribution < -0.4 is 14.8 Å². The van der Waals surface area contributed by atoms with Crippen molar-refractivity contribution in [3.8, 4) is 11.5 Å². The molecule has 0 bridgehead atoms. The fourth-order valence-corrected chi connectivity index (χ4v) is 3.98. The predicted molar refractivity (Wildman–Crippen MR) is 114 cm³/mol. The summed E-state index contributed by atoms with van der Waals surface area (Å²) in [6.07, 6.45) is 0.763. The SMILES string of the molecule is COc1ccc2cc([C@H](C)C(=O)NC3CCOc4ccc(Br)cc43)ccc2c1. The molecule has 5 heteroatoms. The van der Waals surface area contributed by atoms with Crippen molar-refractivity contribution < 1.29 is 14.3 Å². The maximum absolute atomic E-state index is 13.0. The first-order chi connectivity index (χ1) is 13.5. The summed E-state index contributed by atoms with van der Waals surface area (Å²) in [5.74, 6) is 1.44. The first-order valence-electron chi connectivity index (χ1n) is 9.35. The molecule has 0 aliphatic carbocycles. The molecule has 4 nitrogen and oxygen atoms in total. The third kappa shape index (κ3) is 3.72. The molecule has 28 heavy (non-hydrogen) atoms. The molecule has 0 spiro atoms. The van der Waals surface area contributed by atoms with E-state index in [1.165, 1.54) is 0 Å². The first kappa shape index (κ1) is 18.8. The van der Waals surface area contributed by atoms with Crippen molar-refractivity contribution in [2.45, 2.75) is 25.3 Å². The summed E-state index contributed by atoms with van der Waals surface area (Å²) in [5, 5.41) is 5.40. The molecule has 0 aromatic heterocycles. The molecule has 1 aliphatic heterocycles. The Kier molecular flexibility index (Phi) is 5.27. The smallest absolute Gasteiger partial charge is 0.227 e. The van der Waals surface area contributed by atoms with Crippen molar-refractivity contribution >= 4 is 32.6 Å². The lowest BCUT2D eigenvalue weighted by molar-refractivity contribution is -0.123. The van der Waals surface area contributed by atoms with E-state index in [1.54, 1.807) is 7.11 Å². The van der Waals surface area contributed by atoms with Gasteiger partial charge < -0.3 is 14.8 Å². The zero-order chi connectivity index (χ0) is 19.7. The normalized spacial score (nSPS) is 16.8. The number of benzene rings is 3. The average molecular weight is 440 g/mol. The molecule has 1 heterocycles. The van der Waals surface area contributed by atoms with Gasteiger partial charge in [-0.15, -0.1) is 0 Å². The number of nitrogens with one attached hydrogen (secondary N) is 1. The number of methoxy groups -OCH3 is 1.